The Hall–Kier alpha value is -1.26. The van der Waals surface area contributed by atoms with Crippen LogP contribution in [0.4, 0.5) is 5.69 Å². The van der Waals surface area contributed by atoms with Crippen molar-refractivity contribution >= 4 is 5.69 Å². The predicted octanol–water partition coefficient (Wildman–Crippen LogP) is 3.93. The molecule has 1 aromatic rings. The highest BCUT2D eigenvalue weighted by molar-refractivity contribution is 5.58. The van der Waals surface area contributed by atoms with Crippen molar-refractivity contribution < 1.29 is 9.84 Å². The van der Waals surface area contributed by atoms with Crippen LogP contribution in [0, 0.1) is 11.8 Å². The number of methoxy groups -OCH3 is 1. The topological polar surface area (TPSA) is 35.9 Å². The van der Waals surface area contributed by atoms with Crippen molar-refractivity contribution in [1.82, 2.24) is 4.90 Å². The van der Waals surface area contributed by atoms with Gasteiger partial charge in [-0.3, -0.25) is 4.90 Å². The molecule has 0 amide bonds. The quantitative estimate of drug-likeness (QED) is 0.850. The third-order valence-electron chi connectivity index (χ3n) is 7.43. The predicted molar refractivity (Wildman–Crippen MR) is 111 cm³/mol. The zero-order valence-electron chi connectivity index (χ0n) is 16.9. The maximum Gasteiger partial charge on any atom is 0.142 e. The lowest BCUT2D eigenvalue weighted by Crippen LogP contribution is -2.54. The molecule has 2 saturated carbocycles. The zero-order chi connectivity index (χ0) is 18.7. The van der Waals surface area contributed by atoms with E-state index in [0.717, 1.165) is 44.9 Å². The van der Waals surface area contributed by atoms with Crippen molar-refractivity contribution in [2.75, 3.05) is 44.7 Å². The fourth-order valence-electron chi connectivity index (χ4n) is 5.84. The van der Waals surface area contributed by atoms with E-state index in [1.165, 1.54) is 50.6 Å². The molecule has 0 bridgehead atoms. The minimum absolute atomic E-state index is 0.394. The number of benzene rings is 1. The second-order valence-corrected chi connectivity index (χ2v) is 8.87. The van der Waals surface area contributed by atoms with Gasteiger partial charge >= 0.3 is 0 Å². The molecule has 4 nitrogen and oxygen atoms in total. The summed E-state index contributed by atoms with van der Waals surface area (Å²) in [6.07, 6.45) is 9.87. The summed E-state index contributed by atoms with van der Waals surface area (Å²) >= 11 is 0. The third-order valence-corrected chi connectivity index (χ3v) is 7.43. The number of rotatable bonds is 5. The molecule has 0 spiro atoms. The molecule has 3 aliphatic rings. The van der Waals surface area contributed by atoms with E-state index >= 15 is 0 Å². The average Bonchev–Trinajstić information content (AvgIpc) is 3.26. The molecule has 1 saturated heterocycles. The first-order valence-electron chi connectivity index (χ1n) is 11.0. The molecule has 1 N–H and O–H groups in total. The summed E-state index contributed by atoms with van der Waals surface area (Å²) < 4.78 is 5.54. The Labute approximate surface area is 164 Å². The van der Waals surface area contributed by atoms with Crippen LogP contribution >= 0.6 is 0 Å². The van der Waals surface area contributed by atoms with E-state index < -0.39 is 5.60 Å². The Balaban J connectivity index is 1.36. The standard InChI is InChI=1S/C23H36N2O2/c1-27-22-12-5-4-11-21(22)25-16-14-24(15-17-25)18-20-10-6-7-13-23(20,26)19-8-2-3-9-19/h4-5,11-12,19-20,26H,2-3,6-10,13-18H2,1H3. The summed E-state index contributed by atoms with van der Waals surface area (Å²) in [6.45, 7) is 5.31. The van der Waals surface area contributed by atoms with Crippen molar-refractivity contribution in [1.29, 1.82) is 0 Å². The molecule has 1 heterocycles. The second kappa shape index (κ2) is 8.40. The first-order chi connectivity index (χ1) is 13.2. The van der Waals surface area contributed by atoms with Gasteiger partial charge in [0, 0.05) is 38.6 Å². The van der Waals surface area contributed by atoms with Gasteiger partial charge in [0.15, 0.2) is 0 Å². The van der Waals surface area contributed by atoms with E-state index in [0.29, 0.717) is 11.8 Å². The fraction of sp³-hybridized carbons (Fsp3) is 0.739. The highest BCUT2D eigenvalue weighted by atomic mass is 16.5. The van der Waals surface area contributed by atoms with E-state index in [1.54, 1.807) is 7.11 Å². The maximum atomic E-state index is 11.6. The molecule has 2 unspecified atom stereocenters. The molecule has 0 radical (unpaired) electrons. The van der Waals surface area contributed by atoms with Gasteiger partial charge in [0.05, 0.1) is 18.4 Å². The van der Waals surface area contributed by atoms with Crippen molar-refractivity contribution in [2.45, 2.75) is 57.0 Å². The number of para-hydroxylation sites is 2. The minimum Gasteiger partial charge on any atom is -0.495 e. The van der Waals surface area contributed by atoms with Gasteiger partial charge in [-0.15, -0.1) is 0 Å². The van der Waals surface area contributed by atoms with E-state index in [-0.39, 0.29) is 0 Å². The minimum atomic E-state index is -0.394. The lowest BCUT2D eigenvalue weighted by Gasteiger charge is -2.47. The third kappa shape index (κ3) is 3.97. The number of piperazine rings is 1. The summed E-state index contributed by atoms with van der Waals surface area (Å²) in [7, 11) is 1.75. The van der Waals surface area contributed by atoms with Crippen LogP contribution in [0.5, 0.6) is 5.75 Å². The van der Waals surface area contributed by atoms with Gasteiger partial charge in [-0.2, -0.15) is 0 Å². The van der Waals surface area contributed by atoms with Crippen LogP contribution in [-0.2, 0) is 0 Å². The Morgan fingerprint density at radius 1 is 1.00 bits per heavy atom. The van der Waals surface area contributed by atoms with Gasteiger partial charge in [-0.1, -0.05) is 37.8 Å². The van der Waals surface area contributed by atoms with Gasteiger partial charge in [0.1, 0.15) is 5.75 Å². The van der Waals surface area contributed by atoms with Gasteiger partial charge in [-0.25, -0.2) is 0 Å². The van der Waals surface area contributed by atoms with Crippen molar-refractivity contribution in [3.05, 3.63) is 24.3 Å². The normalized spacial score (nSPS) is 30.6. The Kier molecular flexibility index (Phi) is 5.93. The van der Waals surface area contributed by atoms with Crippen LogP contribution in [0.2, 0.25) is 0 Å². The summed E-state index contributed by atoms with van der Waals surface area (Å²) in [4.78, 5) is 5.04. The monoisotopic (exact) mass is 372 g/mol. The Bertz CT molecular complexity index is 608. The van der Waals surface area contributed by atoms with Crippen molar-refractivity contribution in [3.8, 4) is 5.75 Å². The largest absolute Gasteiger partial charge is 0.495 e. The lowest BCUT2D eigenvalue weighted by atomic mass is 9.67. The van der Waals surface area contributed by atoms with Crippen molar-refractivity contribution in [2.24, 2.45) is 11.8 Å². The molecule has 1 aliphatic heterocycles. The molecular weight excluding hydrogens is 336 g/mol. The Morgan fingerprint density at radius 3 is 2.44 bits per heavy atom. The molecule has 3 fully saturated rings. The van der Waals surface area contributed by atoms with Crippen LogP contribution in [0.3, 0.4) is 0 Å². The van der Waals surface area contributed by atoms with Crippen molar-refractivity contribution in [3.63, 3.8) is 0 Å². The second-order valence-electron chi connectivity index (χ2n) is 8.87. The van der Waals surface area contributed by atoms with Gasteiger partial charge in [-0.05, 0) is 43.7 Å². The lowest BCUT2D eigenvalue weighted by molar-refractivity contribution is -0.102. The van der Waals surface area contributed by atoms with E-state index in [4.69, 9.17) is 4.74 Å². The zero-order valence-corrected chi connectivity index (χ0v) is 16.9. The number of hydrogen-bond donors (Lipinski definition) is 1. The van der Waals surface area contributed by atoms with Crippen LogP contribution < -0.4 is 9.64 Å². The highest BCUT2D eigenvalue weighted by Gasteiger charge is 2.46. The first-order valence-corrected chi connectivity index (χ1v) is 11.0. The van der Waals surface area contributed by atoms with Crippen LogP contribution in [0.1, 0.15) is 51.4 Å². The molecule has 1 aromatic carbocycles. The van der Waals surface area contributed by atoms with E-state index in [9.17, 15) is 5.11 Å². The van der Waals surface area contributed by atoms with E-state index in [2.05, 4.69) is 21.9 Å². The summed E-state index contributed by atoms with van der Waals surface area (Å²) in [5.41, 5.74) is 0.814. The number of anilines is 1. The van der Waals surface area contributed by atoms with E-state index in [1.807, 2.05) is 12.1 Å². The molecule has 4 rings (SSSR count). The van der Waals surface area contributed by atoms with Gasteiger partial charge < -0.3 is 14.7 Å². The SMILES string of the molecule is COc1ccccc1N1CCN(CC2CCCCC2(O)C2CCCC2)CC1. The maximum absolute atomic E-state index is 11.6. The smallest absolute Gasteiger partial charge is 0.142 e. The number of ether oxygens (including phenoxy) is 1. The van der Waals surface area contributed by atoms with Gasteiger partial charge in [0.2, 0.25) is 0 Å². The highest BCUT2D eigenvalue weighted by Crippen LogP contribution is 2.46. The first kappa shape index (κ1) is 19.1. The molecule has 2 atom stereocenters. The average molecular weight is 373 g/mol. The molecule has 0 aromatic heterocycles. The number of aliphatic hydroxyl groups is 1. The number of nitrogens with zero attached hydrogens (tertiary/aromatic N) is 2. The van der Waals surface area contributed by atoms with Crippen LogP contribution in [-0.4, -0.2) is 55.4 Å². The van der Waals surface area contributed by atoms with Crippen LogP contribution in [0.15, 0.2) is 24.3 Å². The van der Waals surface area contributed by atoms with Crippen LogP contribution in [0.25, 0.3) is 0 Å². The summed E-state index contributed by atoms with van der Waals surface area (Å²) in [6, 6.07) is 8.33. The molecular formula is C23H36N2O2. The molecule has 27 heavy (non-hydrogen) atoms. The Morgan fingerprint density at radius 2 is 1.70 bits per heavy atom. The summed E-state index contributed by atoms with van der Waals surface area (Å²) in [5, 5.41) is 11.6. The molecule has 4 heteroatoms. The summed E-state index contributed by atoms with van der Waals surface area (Å²) in [5.74, 6) is 1.98. The molecule has 2 aliphatic carbocycles. The van der Waals surface area contributed by atoms with Gasteiger partial charge in [0.25, 0.3) is 0 Å². The fourth-order valence-corrected chi connectivity index (χ4v) is 5.84. The number of hydrogen-bond acceptors (Lipinski definition) is 4. The molecule has 150 valence electrons.